The standard InChI is InChI=1S/C31H43N7O3/c1-17(2)25-16-37(31(41)35-25)15-23-13-21-9-10-22(14-24(21)33-23)34-30(40)28(27(19-5-6-19)20-7-8-20)36-29(39)26-11-12-32-38(26)18(3)4/h9-12,14,17-20,23,25,27-28,33H,5-8,13,15-16H2,1-4H3,(H,34,40)(H,35,41)(H,36,39)/t23?,25-,28-/m0/s1. The molecule has 4 aliphatic rings. The van der Waals surface area contributed by atoms with Gasteiger partial charge in [-0.1, -0.05) is 19.9 Å². The van der Waals surface area contributed by atoms with Crippen molar-refractivity contribution in [2.24, 2.45) is 23.7 Å². The smallest absolute Gasteiger partial charge is 0.317 e. The van der Waals surface area contributed by atoms with Gasteiger partial charge in [0.2, 0.25) is 5.91 Å². The van der Waals surface area contributed by atoms with Crippen molar-refractivity contribution in [3.05, 3.63) is 41.7 Å². The maximum atomic E-state index is 13.8. The van der Waals surface area contributed by atoms with Crippen LogP contribution in [0.4, 0.5) is 16.2 Å². The lowest BCUT2D eigenvalue weighted by Gasteiger charge is -2.28. The molecule has 3 heterocycles. The van der Waals surface area contributed by atoms with E-state index in [2.05, 4.69) is 40.2 Å². The normalized spacial score (nSPS) is 22.6. The molecule has 41 heavy (non-hydrogen) atoms. The number of urea groups is 1. The molecule has 2 aliphatic carbocycles. The minimum atomic E-state index is -0.602. The Hall–Kier alpha value is -3.56. The first-order chi connectivity index (χ1) is 19.7. The van der Waals surface area contributed by atoms with E-state index < -0.39 is 6.04 Å². The number of hydrogen-bond donors (Lipinski definition) is 4. The molecule has 6 rings (SSSR count). The highest BCUT2D eigenvalue weighted by molar-refractivity contribution is 6.01. The van der Waals surface area contributed by atoms with E-state index >= 15 is 0 Å². The Balaban J connectivity index is 1.14. The Morgan fingerprint density at radius 1 is 1.05 bits per heavy atom. The molecule has 10 heteroatoms. The van der Waals surface area contributed by atoms with Gasteiger partial charge in [-0.2, -0.15) is 5.10 Å². The van der Waals surface area contributed by atoms with Crippen molar-refractivity contribution in [1.82, 2.24) is 25.3 Å². The van der Waals surface area contributed by atoms with E-state index in [1.807, 2.05) is 36.9 Å². The molecule has 1 aromatic carbocycles. The Kier molecular flexibility index (Phi) is 7.42. The van der Waals surface area contributed by atoms with Crippen LogP contribution in [0.15, 0.2) is 30.5 Å². The van der Waals surface area contributed by atoms with Gasteiger partial charge in [-0.3, -0.25) is 14.3 Å². The van der Waals surface area contributed by atoms with Crippen LogP contribution in [0, 0.1) is 23.7 Å². The molecular weight excluding hydrogens is 518 g/mol. The second-order valence-corrected chi connectivity index (χ2v) is 13.1. The lowest BCUT2D eigenvalue weighted by atomic mass is 9.88. The van der Waals surface area contributed by atoms with Crippen LogP contribution < -0.4 is 21.3 Å². The highest BCUT2D eigenvalue weighted by Gasteiger charge is 2.48. The largest absolute Gasteiger partial charge is 0.380 e. The lowest BCUT2D eigenvalue weighted by Crippen LogP contribution is -2.50. The molecule has 2 aromatic rings. The number of benzene rings is 1. The Morgan fingerprint density at radius 2 is 1.78 bits per heavy atom. The lowest BCUT2D eigenvalue weighted by molar-refractivity contribution is -0.119. The van der Waals surface area contributed by atoms with Crippen LogP contribution in [-0.2, 0) is 11.2 Å². The van der Waals surface area contributed by atoms with Crippen molar-refractivity contribution in [2.45, 2.75) is 84.0 Å². The quantitative estimate of drug-likeness (QED) is 0.330. The highest BCUT2D eigenvalue weighted by atomic mass is 16.2. The van der Waals surface area contributed by atoms with E-state index in [0.29, 0.717) is 35.7 Å². The SMILES string of the molecule is CC(C)[C@@H]1CN(CC2Cc3ccc(NC(=O)[C@@H](NC(=O)c4ccnn4C(C)C)C(C4CC4)C4CC4)cc3N2)C(=O)N1. The minimum absolute atomic E-state index is 0.000165. The third-order valence-electron chi connectivity index (χ3n) is 9.14. The zero-order valence-corrected chi connectivity index (χ0v) is 24.5. The summed E-state index contributed by atoms with van der Waals surface area (Å²) in [7, 11) is 0. The zero-order chi connectivity index (χ0) is 28.8. The van der Waals surface area contributed by atoms with Crippen LogP contribution in [-0.4, -0.2) is 63.7 Å². The van der Waals surface area contributed by atoms with Crippen LogP contribution in [0.5, 0.6) is 0 Å². The summed E-state index contributed by atoms with van der Waals surface area (Å²) < 4.78 is 1.70. The van der Waals surface area contributed by atoms with Crippen molar-refractivity contribution in [2.75, 3.05) is 23.7 Å². The van der Waals surface area contributed by atoms with Crippen LogP contribution in [0.2, 0.25) is 0 Å². The van der Waals surface area contributed by atoms with Crippen molar-refractivity contribution in [1.29, 1.82) is 0 Å². The van der Waals surface area contributed by atoms with E-state index in [9.17, 15) is 14.4 Å². The summed E-state index contributed by atoms with van der Waals surface area (Å²) in [6.07, 6.45) is 6.91. The number of fused-ring (bicyclic) bond motifs is 1. The summed E-state index contributed by atoms with van der Waals surface area (Å²) in [6, 6.07) is 7.42. The molecule has 3 fully saturated rings. The summed E-state index contributed by atoms with van der Waals surface area (Å²) >= 11 is 0. The minimum Gasteiger partial charge on any atom is -0.380 e. The van der Waals surface area contributed by atoms with Gasteiger partial charge in [-0.25, -0.2) is 4.79 Å². The van der Waals surface area contributed by atoms with Crippen molar-refractivity contribution in [3.63, 3.8) is 0 Å². The topological polar surface area (TPSA) is 120 Å². The van der Waals surface area contributed by atoms with Gasteiger partial charge < -0.3 is 26.2 Å². The fraction of sp³-hybridized carbons (Fsp3) is 0.613. The number of rotatable bonds is 11. The van der Waals surface area contributed by atoms with Gasteiger partial charge in [0.1, 0.15) is 11.7 Å². The van der Waals surface area contributed by atoms with Gasteiger partial charge in [0.25, 0.3) is 5.91 Å². The second-order valence-electron chi connectivity index (χ2n) is 13.1. The third kappa shape index (κ3) is 5.92. The summed E-state index contributed by atoms with van der Waals surface area (Å²) in [5, 5.41) is 17.2. The number of amides is 4. The number of anilines is 2. The molecule has 3 atom stereocenters. The molecule has 1 saturated heterocycles. The average molecular weight is 562 g/mol. The van der Waals surface area contributed by atoms with E-state index in [0.717, 1.165) is 44.3 Å². The summed E-state index contributed by atoms with van der Waals surface area (Å²) in [5.74, 6) is 1.08. The monoisotopic (exact) mass is 561 g/mol. The fourth-order valence-corrected chi connectivity index (χ4v) is 6.60. The molecule has 4 amide bonds. The second kappa shape index (κ2) is 11.0. The van der Waals surface area contributed by atoms with Gasteiger partial charge in [-0.15, -0.1) is 0 Å². The van der Waals surface area contributed by atoms with Crippen LogP contribution in [0.25, 0.3) is 0 Å². The van der Waals surface area contributed by atoms with Gasteiger partial charge in [0, 0.05) is 42.7 Å². The molecule has 10 nitrogen and oxygen atoms in total. The summed E-state index contributed by atoms with van der Waals surface area (Å²) in [4.78, 5) is 41.6. The number of carbonyl (C=O) groups excluding carboxylic acids is 3. The molecule has 220 valence electrons. The Bertz CT molecular complexity index is 1300. The van der Waals surface area contributed by atoms with Crippen molar-refractivity contribution >= 4 is 29.2 Å². The maximum absolute atomic E-state index is 13.8. The van der Waals surface area contributed by atoms with Gasteiger partial charge >= 0.3 is 6.03 Å². The average Bonchev–Trinajstić information content (AvgIpc) is 3.82. The van der Waals surface area contributed by atoms with Gasteiger partial charge in [0.05, 0.1) is 6.04 Å². The zero-order valence-electron chi connectivity index (χ0n) is 24.5. The molecule has 2 aliphatic heterocycles. The van der Waals surface area contributed by atoms with Crippen molar-refractivity contribution < 1.29 is 14.4 Å². The van der Waals surface area contributed by atoms with Gasteiger partial charge in [-0.05, 0) is 93.4 Å². The van der Waals surface area contributed by atoms with Crippen molar-refractivity contribution in [3.8, 4) is 0 Å². The predicted octanol–water partition coefficient (Wildman–Crippen LogP) is 4.02. The number of carbonyl (C=O) groups is 3. The van der Waals surface area contributed by atoms with Gasteiger partial charge in [0.15, 0.2) is 0 Å². The number of nitrogens with zero attached hydrogens (tertiary/aromatic N) is 3. The molecule has 0 spiro atoms. The molecule has 1 aromatic heterocycles. The first kappa shape index (κ1) is 27.6. The third-order valence-corrected chi connectivity index (χ3v) is 9.14. The van der Waals surface area contributed by atoms with Crippen LogP contribution in [0.1, 0.15) is 75.5 Å². The Labute approximate surface area is 242 Å². The molecular formula is C31H43N7O3. The Morgan fingerprint density at radius 3 is 2.41 bits per heavy atom. The van der Waals surface area contributed by atoms with E-state index in [-0.39, 0.29) is 41.9 Å². The fourth-order valence-electron chi connectivity index (χ4n) is 6.60. The summed E-state index contributed by atoms with van der Waals surface area (Å²) in [6.45, 7) is 9.58. The number of hydrogen-bond acceptors (Lipinski definition) is 5. The first-order valence-corrected chi connectivity index (χ1v) is 15.3. The molecule has 4 N–H and O–H groups in total. The molecule has 1 unspecified atom stereocenters. The molecule has 2 saturated carbocycles. The van der Waals surface area contributed by atoms with Crippen LogP contribution in [0.3, 0.4) is 0 Å². The first-order valence-electron chi connectivity index (χ1n) is 15.3. The molecule has 0 bridgehead atoms. The highest BCUT2D eigenvalue weighted by Crippen LogP contribution is 2.51. The van der Waals surface area contributed by atoms with E-state index in [1.165, 1.54) is 5.56 Å². The molecule has 0 radical (unpaired) electrons. The number of aromatic nitrogens is 2. The maximum Gasteiger partial charge on any atom is 0.317 e. The van der Waals surface area contributed by atoms with E-state index in [4.69, 9.17) is 0 Å². The number of nitrogens with one attached hydrogen (secondary N) is 4. The summed E-state index contributed by atoms with van der Waals surface area (Å²) in [5.41, 5.74) is 3.34. The predicted molar refractivity (Wildman–Crippen MR) is 158 cm³/mol. The van der Waals surface area contributed by atoms with E-state index in [1.54, 1.807) is 16.9 Å². The van der Waals surface area contributed by atoms with Crippen LogP contribution >= 0.6 is 0 Å².